The SMILES string of the molecule is CNCOC1Cc2c3c(c4c(c2OC1c1cc(CCCO)c(O)c(OC)c1)CCC(CO)O4)-c1ccc(O)c2c1C(C3)C(c1ccc3[nH]ccc3c1)C=C2. The van der Waals surface area contributed by atoms with Crippen molar-refractivity contribution in [2.24, 2.45) is 0 Å². The Bertz CT molecular complexity index is 2280. The van der Waals surface area contributed by atoms with Crippen LogP contribution in [0.25, 0.3) is 28.1 Å². The van der Waals surface area contributed by atoms with E-state index < -0.39 is 12.2 Å². The zero-order valence-electron chi connectivity index (χ0n) is 30.5. The molecule has 9 rings (SSSR count). The van der Waals surface area contributed by atoms with Gasteiger partial charge in [0, 0.05) is 52.9 Å². The van der Waals surface area contributed by atoms with E-state index in [-0.39, 0.29) is 42.7 Å². The van der Waals surface area contributed by atoms with Gasteiger partial charge in [0.15, 0.2) is 17.6 Å². The summed E-state index contributed by atoms with van der Waals surface area (Å²) in [5.41, 5.74) is 11.0. The molecule has 0 spiro atoms. The third-order valence-electron chi connectivity index (χ3n) is 11.9. The van der Waals surface area contributed by atoms with E-state index in [1.54, 1.807) is 6.07 Å². The maximum absolute atomic E-state index is 11.2. The van der Waals surface area contributed by atoms with E-state index in [9.17, 15) is 20.4 Å². The number of aliphatic hydroxyl groups is 2. The first-order valence-electron chi connectivity index (χ1n) is 18.9. The Morgan fingerprint density at radius 3 is 2.65 bits per heavy atom. The molecule has 10 heteroatoms. The minimum atomic E-state index is -0.538. The molecule has 4 aliphatic rings. The maximum atomic E-state index is 11.2. The molecule has 2 aliphatic heterocycles. The highest BCUT2D eigenvalue weighted by atomic mass is 16.6. The Morgan fingerprint density at radius 1 is 0.944 bits per heavy atom. The highest BCUT2D eigenvalue weighted by Crippen LogP contribution is 2.59. The Morgan fingerprint density at radius 2 is 1.83 bits per heavy atom. The van der Waals surface area contributed by atoms with Crippen LogP contribution in [-0.2, 0) is 30.4 Å². The van der Waals surface area contributed by atoms with Gasteiger partial charge >= 0.3 is 0 Å². The number of phenols is 2. The molecule has 5 atom stereocenters. The van der Waals surface area contributed by atoms with Gasteiger partial charge in [-0.3, -0.25) is 5.32 Å². The van der Waals surface area contributed by atoms with Crippen LogP contribution in [-0.4, -0.2) is 71.7 Å². The quantitative estimate of drug-likeness (QED) is 0.0881. The van der Waals surface area contributed by atoms with E-state index in [2.05, 4.69) is 46.7 Å². The highest BCUT2D eigenvalue weighted by Gasteiger charge is 2.44. The van der Waals surface area contributed by atoms with Crippen molar-refractivity contribution in [2.75, 3.05) is 34.1 Å². The first kappa shape index (κ1) is 34.7. The number of phenolic OH excluding ortho intramolecular Hbond substituents is 2. The van der Waals surface area contributed by atoms with Gasteiger partial charge in [-0.25, -0.2) is 0 Å². The largest absolute Gasteiger partial charge is 0.507 e. The summed E-state index contributed by atoms with van der Waals surface area (Å²) in [5.74, 6) is 2.27. The van der Waals surface area contributed by atoms with Crippen molar-refractivity contribution in [3.8, 4) is 39.9 Å². The molecule has 0 amide bonds. The van der Waals surface area contributed by atoms with Crippen LogP contribution in [0.1, 0.15) is 75.3 Å². The minimum Gasteiger partial charge on any atom is -0.507 e. The van der Waals surface area contributed by atoms with Crippen LogP contribution in [0, 0.1) is 0 Å². The molecule has 5 unspecified atom stereocenters. The molecule has 4 aromatic carbocycles. The molecule has 2 aliphatic carbocycles. The third-order valence-corrected chi connectivity index (χ3v) is 11.9. The fraction of sp³-hybridized carbons (Fsp3) is 0.364. The van der Waals surface area contributed by atoms with Crippen molar-refractivity contribution in [1.82, 2.24) is 10.3 Å². The summed E-state index contributed by atoms with van der Waals surface area (Å²) < 4.78 is 26.1. The van der Waals surface area contributed by atoms with Crippen LogP contribution in [0.5, 0.6) is 28.7 Å². The van der Waals surface area contributed by atoms with Crippen LogP contribution in [0.4, 0.5) is 0 Å². The van der Waals surface area contributed by atoms with Gasteiger partial charge in [-0.2, -0.15) is 0 Å². The Balaban J connectivity index is 1.23. The number of aryl methyl sites for hydroxylation is 1. The van der Waals surface area contributed by atoms with Gasteiger partial charge in [0.05, 0.1) is 20.4 Å². The second-order valence-corrected chi connectivity index (χ2v) is 14.9. The second kappa shape index (κ2) is 14.0. The minimum absolute atomic E-state index is 0.00187. The molecule has 0 saturated heterocycles. The van der Waals surface area contributed by atoms with E-state index in [0.717, 1.165) is 66.9 Å². The monoisotopic (exact) mass is 730 g/mol. The summed E-state index contributed by atoms with van der Waals surface area (Å²) in [6.07, 6.45) is 8.51. The van der Waals surface area contributed by atoms with Gasteiger partial charge in [0.2, 0.25) is 0 Å². The number of aliphatic hydroxyl groups excluding tert-OH is 2. The number of aromatic amines is 1. The number of aromatic hydroxyl groups is 2. The Labute approximate surface area is 314 Å². The van der Waals surface area contributed by atoms with Gasteiger partial charge < -0.3 is 44.4 Å². The van der Waals surface area contributed by atoms with E-state index in [0.29, 0.717) is 56.6 Å². The number of nitrogens with one attached hydrogen (secondary N) is 2. The lowest BCUT2D eigenvalue weighted by atomic mass is 9.65. The molecule has 10 nitrogen and oxygen atoms in total. The van der Waals surface area contributed by atoms with Crippen LogP contribution in [0.3, 0.4) is 0 Å². The van der Waals surface area contributed by atoms with Crippen LogP contribution < -0.4 is 19.5 Å². The molecule has 3 heterocycles. The second-order valence-electron chi connectivity index (χ2n) is 14.9. The Kier molecular flexibility index (Phi) is 9.01. The average molecular weight is 731 g/mol. The molecular formula is C44H46N2O8. The smallest absolute Gasteiger partial charge is 0.161 e. The van der Waals surface area contributed by atoms with Crippen LogP contribution >= 0.6 is 0 Å². The number of rotatable bonds is 10. The summed E-state index contributed by atoms with van der Waals surface area (Å²) in [6.45, 7) is 0.215. The van der Waals surface area contributed by atoms with E-state index in [4.69, 9.17) is 18.9 Å². The molecular weight excluding hydrogens is 684 g/mol. The molecule has 1 aromatic heterocycles. The lowest BCUT2D eigenvalue weighted by Gasteiger charge is -2.43. The highest BCUT2D eigenvalue weighted by molar-refractivity contribution is 5.89. The van der Waals surface area contributed by atoms with Crippen LogP contribution in [0.15, 0.2) is 60.8 Å². The molecule has 0 bridgehead atoms. The molecule has 6 N–H and O–H groups in total. The molecule has 280 valence electrons. The zero-order valence-corrected chi connectivity index (χ0v) is 30.5. The predicted octanol–water partition coefficient (Wildman–Crippen LogP) is 6.55. The Hall–Kier alpha value is -5.00. The number of benzene rings is 4. The topological polar surface area (TPSA) is 146 Å². The normalized spacial score (nSPS) is 22.1. The number of methoxy groups -OCH3 is 1. The van der Waals surface area contributed by atoms with Gasteiger partial charge in [0.1, 0.15) is 29.5 Å². The van der Waals surface area contributed by atoms with Crippen molar-refractivity contribution in [3.63, 3.8) is 0 Å². The van der Waals surface area contributed by atoms with Crippen molar-refractivity contribution in [3.05, 3.63) is 105 Å². The average Bonchev–Trinajstić information content (AvgIpc) is 3.68. The number of hydrogen-bond donors (Lipinski definition) is 6. The summed E-state index contributed by atoms with van der Waals surface area (Å²) in [7, 11) is 3.38. The van der Waals surface area contributed by atoms with Crippen molar-refractivity contribution >= 4 is 17.0 Å². The van der Waals surface area contributed by atoms with Gasteiger partial charge in [-0.05, 0) is 120 Å². The van der Waals surface area contributed by atoms with Gasteiger partial charge in [0.25, 0.3) is 0 Å². The lowest BCUT2D eigenvalue weighted by Crippen LogP contribution is -2.37. The number of H-pyrrole nitrogens is 1. The van der Waals surface area contributed by atoms with E-state index >= 15 is 0 Å². The van der Waals surface area contributed by atoms with Crippen molar-refractivity contribution in [1.29, 1.82) is 0 Å². The fourth-order valence-corrected chi connectivity index (χ4v) is 9.35. The first-order chi connectivity index (χ1) is 26.4. The lowest BCUT2D eigenvalue weighted by molar-refractivity contribution is -0.0436. The summed E-state index contributed by atoms with van der Waals surface area (Å²) in [4.78, 5) is 3.32. The van der Waals surface area contributed by atoms with E-state index in [1.165, 1.54) is 12.7 Å². The standard InChI is InChI=1S/C44H46N2O8/c1-45-22-52-38-20-34-33-19-32-28(23-5-11-35-24(16-23)13-14-46-35)8-9-29-36(49)12-10-30(39(29)32)40(33)44-31(7-6-27(21-48)53-44)43(34)54-42(38)26-17-25(4-3-15-47)41(50)37(18-26)51-2/h5,8-14,16-18,27-28,32,38,42,45-50H,3-4,6-7,15,19-22H2,1-2H3. The molecule has 0 fully saturated rings. The first-order valence-corrected chi connectivity index (χ1v) is 18.9. The summed E-state index contributed by atoms with van der Waals surface area (Å²) in [5, 5.41) is 46.5. The molecule has 54 heavy (non-hydrogen) atoms. The molecule has 5 aromatic rings. The third kappa shape index (κ3) is 5.62. The molecule has 0 radical (unpaired) electrons. The number of fused-ring (bicyclic) bond motifs is 8. The van der Waals surface area contributed by atoms with Gasteiger partial charge in [-0.15, -0.1) is 0 Å². The number of aromatic nitrogens is 1. The van der Waals surface area contributed by atoms with Crippen molar-refractivity contribution < 1.29 is 39.4 Å². The zero-order chi connectivity index (χ0) is 37.1. The van der Waals surface area contributed by atoms with Crippen molar-refractivity contribution in [2.45, 2.75) is 68.7 Å². The fourth-order valence-electron chi connectivity index (χ4n) is 9.35. The van der Waals surface area contributed by atoms with Gasteiger partial charge in [-0.1, -0.05) is 24.3 Å². The van der Waals surface area contributed by atoms with E-state index in [1.807, 2.05) is 31.4 Å². The van der Waals surface area contributed by atoms with Crippen LogP contribution in [0.2, 0.25) is 0 Å². The summed E-state index contributed by atoms with van der Waals surface area (Å²) >= 11 is 0. The molecule has 0 saturated carbocycles. The number of ether oxygens (including phenoxy) is 4. The maximum Gasteiger partial charge on any atom is 0.161 e. The number of allylic oxidation sites excluding steroid dienone is 1. The summed E-state index contributed by atoms with van der Waals surface area (Å²) in [6, 6.07) is 16.3. The number of hydrogen-bond acceptors (Lipinski definition) is 9. The predicted molar refractivity (Wildman–Crippen MR) is 206 cm³/mol.